The highest BCUT2D eigenvalue weighted by atomic mass is 19.4. The van der Waals surface area contributed by atoms with Gasteiger partial charge in [-0.2, -0.15) is 0 Å². The van der Waals surface area contributed by atoms with Crippen LogP contribution in [0, 0.1) is 0 Å². The average Bonchev–Trinajstić information content (AvgIpc) is 3.38. The van der Waals surface area contributed by atoms with Crippen molar-refractivity contribution in [1.29, 1.82) is 0 Å². The first-order valence-corrected chi connectivity index (χ1v) is 11.4. The number of aryl methyl sites for hydroxylation is 1. The Morgan fingerprint density at radius 2 is 1.81 bits per heavy atom. The first kappa shape index (κ1) is 23.7. The number of amides is 1. The molecule has 9 heteroatoms. The quantitative estimate of drug-likeness (QED) is 0.445. The molecule has 186 valence electrons. The van der Waals surface area contributed by atoms with Crippen molar-refractivity contribution in [3.8, 4) is 11.5 Å². The zero-order valence-corrected chi connectivity index (χ0v) is 19.0. The second-order valence-corrected chi connectivity index (χ2v) is 8.86. The molecule has 1 aliphatic heterocycles. The molecule has 0 spiro atoms. The Labute approximate surface area is 204 Å². The maximum Gasteiger partial charge on any atom is 0.573 e. The lowest BCUT2D eigenvalue weighted by Crippen LogP contribution is -2.23. The molecule has 5 rings (SSSR count). The van der Waals surface area contributed by atoms with Crippen LogP contribution in [0.2, 0.25) is 0 Å². The summed E-state index contributed by atoms with van der Waals surface area (Å²) in [7, 11) is 0. The highest BCUT2D eigenvalue weighted by molar-refractivity contribution is 6.10. The number of aliphatic carboxylic acids is 1. The minimum absolute atomic E-state index is 0.0232. The Morgan fingerprint density at radius 1 is 1.06 bits per heavy atom. The van der Waals surface area contributed by atoms with Gasteiger partial charge in [0.1, 0.15) is 18.1 Å². The molecule has 6 nitrogen and oxygen atoms in total. The topological polar surface area (TPSA) is 76.1 Å². The normalized spacial score (nSPS) is 16.6. The number of hydrogen-bond donors (Lipinski definition) is 1. The summed E-state index contributed by atoms with van der Waals surface area (Å²) in [6.07, 6.45) is -3.05. The number of rotatable bonds is 7. The lowest BCUT2D eigenvalue weighted by Gasteiger charge is -2.17. The zero-order chi connectivity index (χ0) is 25.4. The van der Waals surface area contributed by atoms with E-state index in [0.29, 0.717) is 17.0 Å². The maximum atomic E-state index is 13.0. The summed E-state index contributed by atoms with van der Waals surface area (Å²) < 4.78 is 47.2. The molecule has 2 aliphatic rings. The molecule has 3 aromatic rings. The van der Waals surface area contributed by atoms with E-state index in [0.717, 1.165) is 35.1 Å². The highest BCUT2D eigenvalue weighted by Gasteiger charge is 2.33. The molecule has 0 bridgehead atoms. The van der Waals surface area contributed by atoms with Crippen LogP contribution < -0.4 is 14.4 Å². The molecule has 1 heterocycles. The Balaban J connectivity index is 1.29. The molecule has 1 aliphatic carbocycles. The van der Waals surface area contributed by atoms with Crippen LogP contribution in [0.25, 0.3) is 0 Å². The van der Waals surface area contributed by atoms with Gasteiger partial charge in [-0.1, -0.05) is 18.2 Å². The van der Waals surface area contributed by atoms with Crippen molar-refractivity contribution >= 4 is 17.6 Å². The fraction of sp³-hybridized carbons (Fsp3) is 0.259. The number of halogens is 3. The smallest absolute Gasteiger partial charge is 0.489 e. The number of alkyl halides is 3. The van der Waals surface area contributed by atoms with Crippen LogP contribution in [0.5, 0.6) is 11.5 Å². The minimum Gasteiger partial charge on any atom is -0.489 e. The van der Waals surface area contributed by atoms with E-state index in [-0.39, 0.29) is 37.1 Å². The second kappa shape index (κ2) is 9.22. The van der Waals surface area contributed by atoms with Crippen molar-refractivity contribution in [3.05, 3.63) is 88.5 Å². The number of ether oxygens (including phenoxy) is 2. The van der Waals surface area contributed by atoms with Gasteiger partial charge in [-0.25, -0.2) is 0 Å². The standard InChI is InChI=1S/C27H22F3NO5/c28-27(29,30)36-20-8-6-19(7-9-20)31-14-24-18(2-1-3-23(24)26(31)34)15-35-21-10-11-22-16(12-21)4-5-17(22)13-25(32)33/h1-3,6-12,17H,4-5,13-15H2,(H,32,33). The largest absolute Gasteiger partial charge is 0.573 e. The summed E-state index contributed by atoms with van der Waals surface area (Å²) in [6, 6.07) is 16.3. The molecular weight excluding hydrogens is 475 g/mol. The van der Waals surface area contributed by atoms with E-state index in [1.165, 1.54) is 29.2 Å². The molecule has 3 aromatic carbocycles. The van der Waals surface area contributed by atoms with Crippen LogP contribution in [0.1, 0.15) is 51.4 Å². The number of hydrogen-bond acceptors (Lipinski definition) is 4. The predicted molar refractivity (Wildman–Crippen MR) is 124 cm³/mol. The van der Waals surface area contributed by atoms with Crippen molar-refractivity contribution in [2.24, 2.45) is 0 Å². The number of anilines is 1. The van der Waals surface area contributed by atoms with Crippen molar-refractivity contribution < 1.29 is 37.3 Å². The summed E-state index contributed by atoms with van der Waals surface area (Å²) in [6.45, 7) is 0.508. The SMILES string of the molecule is O=C(O)CC1CCc2cc(OCc3cccc4c3CN(c3ccc(OC(F)(F)F)cc3)C4=O)ccc21. The number of fused-ring (bicyclic) bond motifs is 2. The summed E-state index contributed by atoms with van der Waals surface area (Å²) in [4.78, 5) is 25.6. The summed E-state index contributed by atoms with van der Waals surface area (Å²) in [5, 5.41) is 9.11. The zero-order valence-electron chi connectivity index (χ0n) is 19.0. The molecule has 1 N–H and O–H groups in total. The van der Waals surface area contributed by atoms with Crippen LogP contribution in [0.4, 0.5) is 18.9 Å². The molecule has 0 saturated heterocycles. The number of carboxylic acids is 1. The van der Waals surface area contributed by atoms with E-state index in [1.807, 2.05) is 24.3 Å². The number of benzene rings is 3. The number of carboxylic acid groups (broad SMARTS) is 1. The van der Waals surface area contributed by atoms with Gasteiger partial charge in [0.15, 0.2) is 0 Å². The van der Waals surface area contributed by atoms with Crippen LogP contribution >= 0.6 is 0 Å². The van der Waals surface area contributed by atoms with E-state index in [2.05, 4.69) is 4.74 Å². The molecule has 1 amide bonds. The van der Waals surface area contributed by atoms with Crippen molar-refractivity contribution in [2.45, 2.75) is 44.7 Å². The number of carbonyl (C=O) groups is 2. The van der Waals surface area contributed by atoms with E-state index in [9.17, 15) is 22.8 Å². The molecule has 0 radical (unpaired) electrons. The Morgan fingerprint density at radius 3 is 2.53 bits per heavy atom. The van der Waals surface area contributed by atoms with E-state index >= 15 is 0 Å². The molecule has 0 saturated carbocycles. The van der Waals surface area contributed by atoms with Gasteiger partial charge in [0.2, 0.25) is 0 Å². The summed E-state index contributed by atoms with van der Waals surface area (Å²) in [5.74, 6) is -0.703. The Kier molecular flexibility index (Phi) is 6.07. The third-order valence-electron chi connectivity index (χ3n) is 6.58. The van der Waals surface area contributed by atoms with Crippen LogP contribution in [-0.4, -0.2) is 23.3 Å². The van der Waals surface area contributed by atoms with Crippen LogP contribution in [0.3, 0.4) is 0 Å². The van der Waals surface area contributed by atoms with Crippen LogP contribution in [0.15, 0.2) is 60.7 Å². The van der Waals surface area contributed by atoms with Gasteiger partial charge < -0.3 is 19.5 Å². The fourth-order valence-corrected chi connectivity index (χ4v) is 4.92. The van der Waals surface area contributed by atoms with E-state index < -0.39 is 12.3 Å². The van der Waals surface area contributed by atoms with Gasteiger partial charge in [0, 0.05) is 11.3 Å². The molecule has 0 aromatic heterocycles. The van der Waals surface area contributed by atoms with E-state index in [1.54, 1.807) is 12.1 Å². The first-order chi connectivity index (χ1) is 17.2. The monoisotopic (exact) mass is 497 g/mol. The minimum atomic E-state index is -4.78. The predicted octanol–water partition coefficient (Wildman–Crippen LogP) is 5.83. The summed E-state index contributed by atoms with van der Waals surface area (Å²) in [5.41, 5.74) is 4.78. The van der Waals surface area contributed by atoms with Gasteiger partial charge in [0.25, 0.3) is 5.91 Å². The Bertz CT molecular complexity index is 1320. The fourth-order valence-electron chi connectivity index (χ4n) is 4.92. The molecule has 1 atom stereocenters. The van der Waals surface area contributed by atoms with Gasteiger partial charge in [-0.15, -0.1) is 13.2 Å². The van der Waals surface area contributed by atoms with Crippen molar-refractivity contribution in [3.63, 3.8) is 0 Å². The summed E-state index contributed by atoms with van der Waals surface area (Å²) >= 11 is 0. The van der Waals surface area contributed by atoms with Crippen molar-refractivity contribution in [2.75, 3.05) is 4.90 Å². The first-order valence-electron chi connectivity index (χ1n) is 11.4. The van der Waals surface area contributed by atoms with Crippen molar-refractivity contribution in [1.82, 2.24) is 0 Å². The van der Waals surface area contributed by atoms with Crippen LogP contribution in [-0.2, 0) is 24.4 Å². The lowest BCUT2D eigenvalue weighted by molar-refractivity contribution is -0.274. The van der Waals surface area contributed by atoms with Gasteiger partial charge in [-0.3, -0.25) is 9.59 Å². The maximum absolute atomic E-state index is 13.0. The molecule has 36 heavy (non-hydrogen) atoms. The molecule has 1 unspecified atom stereocenters. The third kappa shape index (κ3) is 4.86. The molecule has 0 fully saturated rings. The third-order valence-corrected chi connectivity index (χ3v) is 6.58. The van der Waals surface area contributed by atoms with Gasteiger partial charge in [0.05, 0.1) is 13.0 Å². The lowest BCUT2D eigenvalue weighted by atomic mass is 9.98. The van der Waals surface area contributed by atoms with Gasteiger partial charge in [-0.05, 0) is 83.5 Å². The average molecular weight is 497 g/mol. The molecular formula is C27H22F3NO5. The van der Waals surface area contributed by atoms with E-state index in [4.69, 9.17) is 9.84 Å². The van der Waals surface area contributed by atoms with Gasteiger partial charge >= 0.3 is 12.3 Å². The number of carbonyl (C=O) groups excluding carboxylic acids is 1. The highest BCUT2D eigenvalue weighted by Crippen LogP contribution is 2.38. The second-order valence-electron chi connectivity index (χ2n) is 8.86. The Hall–Kier alpha value is -4.01. The number of nitrogens with zero attached hydrogens (tertiary/aromatic N) is 1.